The van der Waals surface area contributed by atoms with Crippen molar-refractivity contribution in [1.29, 1.82) is 0 Å². The molecule has 1 heterocycles. The Morgan fingerprint density at radius 3 is 2.41 bits per heavy atom. The summed E-state index contributed by atoms with van der Waals surface area (Å²) >= 11 is 0. The molecular weight excluding hydrogens is 378 g/mol. The van der Waals surface area contributed by atoms with Gasteiger partial charge in [-0.2, -0.15) is 5.11 Å². The molecule has 1 saturated heterocycles. The van der Waals surface area contributed by atoms with Crippen LogP contribution in [0.1, 0.15) is 35.2 Å². The Bertz CT molecular complexity index is 968. The molecule has 0 saturated carbocycles. The Morgan fingerprint density at radius 2 is 1.76 bits per heavy atom. The Balaban J connectivity index is 1.61. The molecule has 0 aromatic heterocycles. The van der Waals surface area contributed by atoms with E-state index in [9.17, 15) is 24.3 Å². The number of aldehydes is 1. The third-order valence-electron chi connectivity index (χ3n) is 4.16. The fourth-order valence-corrected chi connectivity index (χ4v) is 2.59. The van der Waals surface area contributed by atoms with Crippen LogP contribution in [0.2, 0.25) is 0 Å². The molecule has 148 valence electrons. The molecule has 2 amide bonds. The standard InChI is InChI=1S/C20H17N3O6/c24-12-14-1-5-15(6-2-14)21-22-16-11-13(3-7-17(16)25)4-10-20(28)29-23-18(26)8-9-19(23)27/h1-3,5-7,11-12,25H,4,8-10H2. The van der Waals surface area contributed by atoms with Crippen molar-refractivity contribution in [1.82, 2.24) is 5.06 Å². The van der Waals surface area contributed by atoms with Crippen molar-refractivity contribution >= 4 is 35.4 Å². The van der Waals surface area contributed by atoms with Gasteiger partial charge in [-0.05, 0) is 48.4 Å². The zero-order valence-electron chi connectivity index (χ0n) is 15.3. The number of imide groups is 1. The van der Waals surface area contributed by atoms with Crippen molar-refractivity contribution in [2.45, 2.75) is 25.7 Å². The minimum Gasteiger partial charge on any atom is -0.506 e. The van der Waals surface area contributed by atoms with Gasteiger partial charge in [0.05, 0.1) is 12.1 Å². The first-order valence-corrected chi connectivity index (χ1v) is 8.82. The molecule has 1 N–H and O–H groups in total. The molecule has 29 heavy (non-hydrogen) atoms. The van der Waals surface area contributed by atoms with Crippen LogP contribution in [-0.4, -0.2) is 34.2 Å². The van der Waals surface area contributed by atoms with Crippen LogP contribution in [0.3, 0.4) is 0 Å². The number of benzene rings is 2. The van der Waals surface area contributed by atoms with Crippen molar-refractivity contribution < 1.29 is 29.1 Å². The first kappa shape index (κ1) is 19.9. The number of aromatic hydroxyl groups is 1. The number of carbonyl (C=O) groups is 4. The third-order valence-corrected chi connectivity index (χ3v) is 4.16. The van der Waals surface area contributed by atoms with Crippen LogP contribution in [-0.2, 0) is 25.6 Å². The van der Waals surface area contributed by atoms with Crippen LogP contribution >= 0.6 is 0 Å². The van der Waals surface area contributed by atoms with E-state index in [0.717, 1.165) is 6.29 Å². The maximum atomic E-state index is 11.9. The van der Waals surface area contributed by atoms with Crippen LogP contribution in [0.25, 0.3) is 0 Å². The second-order valence-corrected chi connectivity index (χ2v) is 6.28. The van der Waals surface area contributed by atoms with Crippen molar-refractivity contribution in [2.75, 3.05) is 0 Å². The molecule has 0 radical (unpaired) electrons. The number of hydrogen-bond donors (Lipinski definition) is 1. The monoisotopic (exact) mass is 395 g/mol. The van der Waals surface area contributed by atoms with E-state index in [-0.39, 0.29) is 37.1 Å². The van der Waals surface area contributed by atoms with Crippen molar-refractivity contribution in [2.24, 2.45) is 10.2 Å². The van der Waals surface area contributed by atoms with E-state index in [2.05, 4.69) is 10.2 Å². The Morgan fingerprint density at radius 1 is 1.07 bits per heavy atom. The van der Waals surface area contributed by atoms with Gasteiger partial charge in [-0.1, -0.05) is 6.07 Å². The molecule has 0 aliphatic carbocycles. The summed E-state index contributed by atoms with van der Waals surface area (Å²) < 4.78 is 0. The molecule has 1 aliphatic rings. The van der Waals surface area contributed by atoms with Gasteiger partial charge in [-0.3, -0.25) is 14.4 Å². The van der Waals surface area contributed by atoms with Gasteiger partial charge in [-0.25, -0.2) is 4.79 Å². The first-order chi connectivity index (χ1) is 14.0. The van der Waals surface area contributed by atoms with Crippen LogP contribution in [0.4, 0.5) is 11.4 Å². The second-order valence-electron chi connectivity index (χ2n) is 6.28. The summed E-state index contributed by atoms with van der Waals surface area (Å²) in [7, 11) is 0. The number of aryl methyl sites for hydroxylation is 1. The molecule has 1 aliphatic heterocycles. The predicted molar refractivity (Wildman–Crippen MR) is 99.6 cm³/mol. The largest absolute Gasteiger partial charge is 0.506 e. The van der Waals surface area contributed by atoms with Crippen LogP contribution in [0.15, 0.2) is 52.7 Å². The van der Waals surface area contributed by atoms with E-state index in [1.807, 2.05) is 0 Å². The molecule has 0 atom stereocenters. The number of azo groups is 1. The summed E-state index contributed by atoms with van der Waals surface area (Å²) in [5, 5.41) is 18.5. The van der Waals surface area contributed by atoms with Gasteiger partial charge in [0.1, 0.15) is 17.7 Å². The lowest BCUT2D eigenvalue weighted by Crippen LogP contribution is -2.32. The lowest BCUT2D eigenvalue weighted by molar-refractivity contribution is -0.197. The van der Waals surface area contributed by atoms with Gasteiger partial charge < -0.3 is 9.94 Å². The summed E-state index contributed by atoms with van der Waals surface area (Å²) in [4.78, 5) is 50.3. The predicted octanol–water partition coefficient (Wildman–Crippen LogP) is 3.16. The minimum absolute atomic E-state index is 0.0380. The quantitative estimate of drug-likeness (QED) is 0.436. The van der Waals surface area contributed by atoms with Gasteiger partial charge in [0.15, 0.2) is 0 Å². The second kappa shape index (κ2) is 8.87. The van der Waals surface area contributed by atoms with E-state index < -0.39 is 17.8 Å². The molecule has 0 spiro atoms. The number of rotatable bonds is 7. The lowest BCUT2D eigenvalue weighted by Gasteiger charge is -2.12. The van der Waals surface area contributed by atoms with Crippen LogP contribution < -0.4 is 0 Å². The zero-order valence-corrected chi connectivity index (χ0v) is 15.3. The van der Waals surface area contributed by atoms with E-state index in [0.29, 0.717) is 21.9 Å². The van der Waals surface area contributed by atoms with E-state index in [1.54, 1.807) is 36.4 Å². The summed E-state index contributed by atoms with van der Waals surface area (Å²) in [5.74, 6) is -1.85. The number of hydroxylamine groups is 2. The van der Waals surface area contributed by atoms with Gasteiger partial charge in [0, 0.05) is 18.4 Å². The number of nitrogens with zero attached hydrogens (tertiary/aromatic N) is 3. The van der Waals surface area contributed by atoms with E-state index in [1.165, 1.54) is 6.07 Å². The molecule has 0 unspecified atom stereocenters. The molecule has 9 nitrogen and oxygen atoms in total. The minimum atomic E-state index is -0.708. The Hall–Kier alpha value is -3.88. The molecular formula is C20H17N3O6. The van der Waals surface area contributed by atoms with Gasteiger partial charge >= 0.3 is 5.97 Å². The number of phenols is 1. The van der Waals surface area contributed by atoms with E-state index in [4.69, 9.17) is 4.84 Å². The fraction of sp³-hybridized carbons (Fsp3) is 0.200. The SMILES string of the molecule is O=Cc1ccc(N=Nc2cc(CCC(=O)ON3C(=O)CCC3=O)ccc2O)cc1. The normalized spacial score (nSPS) is 13.9. The van der Waals surface area contributed by atoms with Crippen molar-refractivity contribution in [3.63, 3.8) is 0 Å². The number of hydrogen-bond acceptors (Lipinski definition) is 8. The number of amides is 2. The highest BCUT2D eigenvalue weighted by molar-refractivity contribution is 6.01. The van der Waals surface area contributed by atoms with Gasteiger partial charge in [0.2, 0.25) is 0 Å². The summed E-state index contributed by atoms with van der Waals surface area (Å²) in [5.41, 5.74) is 1.91. The fourth-order valence-electron chi connectivity index (χ4n) is 2.59. The Kier molecular flexibility index (Phi) is 6.08. The first-order valence-electron chi connectivity index (χ1n) is 8.82. The van der Waals surface area contributed by atoms with Gasteiger partial charge in [-0.15, -0.1) is 10.2 Å². The number of carbonyl (C=O) groups excluding carboxylic acids is 4. The smallest absolute Gasteiger partial charge is 0.333 e. The highest BCUT2D eigenvalue weighted by Gasteiger charge is 2.32. The van der Waals surface area contributed by atoms with Gasteiger partial charge in [0.25, 0.3) is 11.8 Å². The van der Waals surface area contributed by atoms with Crippen LogP contribution in [0.5, 0.6) is 5.75 Å². The Labute approximate surface area is 165 Å². The summed E-state index contributed by atoms with van der Waals surface area (Å²) in [6, 6.07) is 11.0. The zero-order chi connectivity index (χ0) is 20.8. The maximum Gasteiger partial charge on any atom is 0.333 e. The summed E-state index contributed by atoms with van der Waals surface area (Å²) in [6.45, 7) is 0. The molecule has 1 fully saturated rings. The highest BCUT2D eigenvalue weighted by atomic mass is 16.7. The average molecular weight is 395 g/mol. The van der Waals surface area contributed by atoms with E-state index >= 15 is 0 Å². The number of phenolic OH excluding ortho intramolecular Hbond substituents is 1. The molecule has 9 heteroatoms. The third kappa shape index (κ3) is 5.10. The molecule has 2 aromatic carbocycles. The average Bonchev–Trinajstić information content (AvgIpc) is 3.04. The molecule has 0 bridgehead atoms. The highest BCUT2D eigenvalue weighted by Crippen LogP contribution is 2.29. The van der Waals surface area contributed by atoms with Crippen LogP contribution in [0, 0.1) is 0 Å². The molecule has 3 rings (SSSR count). The summed E-state index contributed by atoms with van der Waals surface area (Å²) in [6.07, 6.45) is 0.987. The lowest BCUT2D eigenvalue weighted by atomic mass is 10.1. The topological polar surface area (TPSA) is 126 Å². The molecule has 2 aromatic rings. The van der Waals surface area contributed by atoms with Crippen molar-refractivity contribution in [3.05, 3.63) is 53.6 Å². The maximum absolute atomic E-state index is 11.9. The van der Waals surface area contributed by atoms with Crippen molar-refractivity contribution in [3.8, 4) is 5.75 Å².